The van der Waals surface area contributed by atoms with Crippen LogP contribution < -0.4 is 0 Å². The standard InChI is InChI=1S/C16H20N2O2/c1-12(2)15-6-3-9-18(15)16(20)14-8-7-13(11-17-14)5-4-10-19/h7-8,11-12,15,19H,3,6,9-10H2,1-2H3. The van der Waals surface area contributed by atoms with Gasteiger partial charge in [0.25, 0.3) is 5.91 Å². The van der Waals surface area contributed by atoms with Gasteiger partial charge in [-0.3, -0.25) is 4.79 Å². The molecule has 1 aromatic heterocycles. The number of pyridine rings is 1. The van der Waals surface area contributed by atoms with Crippen molar-refractivity contribution < 1.29 is 9.90 Å². The van der Waals surface area contributed by atoms with Crippen LogP contribution in [0.5, 0.6) is 0 Å². The van der Waals surface area contributed by atoms with E-state index in [4.69, 9.17) is 5.11 Å². The van der Waals surface area contributed by atoms with Crippen molar-refractivity contribution in [1.29, 1.82) is 0 Å². The molecule has 1 unspecified atom stereocenters. The lowest BCUT2D eigenvalue weighted by Gasteiger charge is -2.27. The predicted molar refractivity (Wildman–Crippen MR) is 77.1 cm³/mol. The Kier molecular flexibility index (Phi) is 4.75. The molecule has 2 rings (SSSR count). The second-order valence-corrected chi connectivity index (χ2v) is 5.34. The minimum Gasteiger partial charge on any atom is -0.384 e. The van der Waals surface area contributed by atoms with Gasteiger partial charge in [0.15, 0.2) is 0 Å². The summed E-state index contributed by atoms with van der Waals surface area (Å²) < 4.78 is 0. The van der Waals surface area contributed by atoms with Gasteiger partial charge in [0, 0.05) is 24.3 Å². The molecule has 0 bridgehead atoms. The summed E-state index contributed by atoms with van der Waals surface area (Å²) in [7, 11) is 0. The lowest BCUT2D eigenvalue weighted by Crippen LogP contribution is -2.38. The Labute approximate surface area is 119 Å². The first-order chi connectivity index (χ1) is 9.63. The Hall–Kier alpha value is -1.86. The van der Waals surface area contributed by atoms with E-state index >= 15 is 0 Å². The van der Waals surface area contributed by atoms with Crippen molar-refractivity contribution in [1.82, 2.24) is 9.88 Å². The molecule has 4 heteroatoms. The maximum absolute atomic E-state index is 12.5. The number of likely N-dealkylation sites (tertiary alicyclic amines) is 1. The Morgan fingerprint density at radius 2 is 2.35 bits per heavy atom. The molecule has 0 radical (unpaired) electrons. The second-order valence-electron chi connectivity index (χ2n) is 5.34. The van der Waals surface area contributed by atoms with Crippen molar-refractivity contribution in [2.24, 2.45) is 5.92 Å². The van der Waals surface area contributed by atoms with E-state index in [0.717, 1.165) is 19.4 Å². The highest BCUT2D eigenvalue weighted by molar-refractivity contribution is 5.92. The molecule has 1 fully saturated rings. The van der Waals surface area contributed by atoms with Crippen LogP contribution in [-0.4, -0.2) is 40.1 Å². The molecular weight excluding hydrogens is 252 g/mol. The van der Waals surface area contributed by atoms with Crippen LogP contribution >= 0.6 is 0 Å². The third-order valence-electron chi connectivity index (χ3n) is 3.62. The van der Waals surface area contributed by atoms with Crippen LogP contribution in [0.3, 0.4) is 0 Å². The third-order valence-corrected chi connectivity index (χ3v) is 3.62. The molecule has 2 heterocycles. The number of aromatic nitrogens is 1. The number of carbonyl (C=O) groups excluding carboxylic acids is 1. The maximum atomic E-state index is 12.5. The van der Waals surface area contributed by atoms with E-state index in [-0.39, 0.29) is 12.5 Å². The number of amides is 1. The number of hydrogen-bond acceptors (Lipinski definition) is 3. The lowest BCUT2D eigenvalue weighted by atomic mass is 10.0. The molecule has 106 valence electrons. The van der Waals surface area contributed by atoms with Gasteiger partial charge in [-0.25, -0.2) is 4.98 Å². The SMILES string of the molecule is CC(C)C1CCCN1C(=O)c1ccc(C#CCO)cn1. The quantitative estimate of drug-likeness (QED) is 0.834. The molecule has 1 atom stereocenters. The zero-order valence-electron chi connectivity index (χ0n) is 12.0. The average molecular weight is 272 g/mol. The summed E-state index contributed by atoms with van der Waals surface area (Å²) in [6.45, 7) is 4.94. The van der Waals surface area contributed by atoms with Gasteiger partial charge in [0.1, 0.15) is 12.3 Å². The summed E-state index contributed by atoms with van der Waals surface area (Å²) in [5, 5.41) is 8.64. The topological polar surface area (TPSA) is 53.4 Å². The molecule has 1 saturated heterocycles. The number of hydrogen-bond donors (Lipinski definition) is 1. The summed E-state index contributed by atoms with van der Waals surface area (Å²) in [6.07, 6.45) is 3.72. The maximum Gasteiger partial charge on any atom is 0.272 e. The second kappa shape index (κ2) is 6.53. The van der Waals surface area contributed by atoms with E-state index in [2.05, 4.69) is 30.7 Å². The highest BCUT2D eigenvalue weighted by Crippen LogP contribution is 2.25. The Morgan fingerprint density at radius 3 is 2.95 bits per heavy atom. The third kappa shape index (κ3) is 3.17. The summed E-state index contributed by atoms with van der Waals surface area (Å²) in [5.74, 6) is 5.80. The van der Waals surface area contributed by atoms with E-state index in [1.165, 1.54) is 0 Å². The first-order valence-corrected chi connectivity index (χ1v) is 7.00. The van der Waals surface area contributed by atoms with Crippen molar-refractivity contribution >= 4 is 5.91 Å². The van der Waals surface area contributed by atoms with Crippen LogP contribution in [0.15, 0.2) is 18.3 Å². The van der Waals surface area contributed by atoms with Gasteiger partial charge in [-0.1, -0.05) is 25.7 Å². The number of nitrogens with zero attached hydrogens (tertiary/aromatic N) is 2. The van der Waals surface area contributed by atoms with Crippen molar-refractivity contribution in [3.63, 3.8) is 0 Å². The van der Waals surface area contributed by atoms with Gasteiger partial charge in [-0.2, -0.15) is 0 Å². The molecule has 0 saturated carbocycles. The van der Waals surface area contributed by atoms with Gasteiger partial charge in [-0.05, 0) is 30.9 Å². The zero-order chi connectivity index (χ0) is 14.5. The Morgan fingerprint density at radius 1 is 1.55 bits per heavy atom. The van der Waals surface area contributed by atoms with Crippen LogP contribution in [0.1, 0.15) is 42.7 Å². The predicted octanol–water partition coefficient (Wildman–Crippen LogP) is 1.69. The monoisotopic (exact) mass is 272 g/mol. The largest absolute Gasteiger partial charge is 0.384 e. The van der Waals surface area contributed by atoms with Crippen LogP contribution in [0.2, 0.25) is 0 Å². The molecule has 4 nitrogen and oxygen atoms in total. The minimum atomic E-state index is -0.176. The molecule has 1 aromatic rings. The van der Waals surface area contributed by atoms with Gasteiger partial charge in [-0.15, -0.1) is 0 Å². The Bertz CT molecular complexity index is 526. The van der Waals surface area contributed by atoms with Gasteiger partial charge < -0.3 is 10.0 Å². The van der Waals surface area contributed by atoms with E-state index in [1.54, 1.807) is 18.3 Å². The fourth-order valence-electron chi connectivity index (χ4n) is 2.62. The van der Waals surface area contributed by atoms with Gasteiger partial charge in [0.2, 0.25) is 0 Å². The molecule has 0 spiro atoms. The molecule has 0 aliphatic carbocycles. The fourth-order valence-corrected chi connectivity index (χ4v) is 2.62. The molecular formula is C16H20N2O2. The lowest BCUT2D eigenvalue weighted by molar-refractivity contribution is 0.0695. The van der Waals surface area contributed by atoms with E-state index in [1.807, 2.05) is 4.90 Å². The molecule has 1 amide bonds. The van der Waals surface area contributed by atoms with Crippen LogP contribution in [0, 0.1) is 17.8 Å². The van der Waals surface area contributed by atoms with Crippen molar-refractivity contribution in [2.45, 2.75) is 32.7 Å². The number of aliphatic hydroxyl groups is 1. The first kappa shape index (κ1) is 14.5. The summed E-state index contributed by atoms with van der Waals surface area (Å²) in [6, 6.07) is 3.79. The van der Waals surface area contributed by atoms with Crippen molar-refractivity contribution in [2.75, 3.05) is 13.2 Å². The van der Waals surface area contributed by atoms with Crippen LogP contribution in [0.25, 0.3) is 0 Å². The highest BCUT2D eigenvalue weighted by Gasteiger charge is 2.31. The van der Waals surface area contributed by atoms with E-state index in [9.17, 15) is 4.79 Å². The average Bonchev–Trinajstić information content (AvgIpc) is 2.94. The summed E-state index contributed by atoms with van der Waals surface area (Å²) in [4.78, 5) is 18.6. The van der Waals surface area contributed by atoms with Gasteiger partial charge >= 0.3 is 0 Å². The van der Waals surface area contributed by atoms with Crippen LogP contribution in [-0.2, 0) is 0 Å². The fraction of sp³-hybridized carbons (Fsp3) is 0.500. The number of aliphatic hydroxyl groups excluding tert-OH is 1. The Balaban J connectivity index is 2.13. The van der Waals surface area contributed by atoms with E-state index < -0.39 is 0 Å². The first-order valence-electron chi connectivity index (χ1n) is 7.00. The zero-order valence-corrected chi connectivity index (χ0v) is 12.0. The normalized spacial score (nSPS) is 18.0. The number of rotatable bonds is 2. The minimum absolute atomic E-state index is 0.00265. The molecule has 1 aliphatic rings. The van der Waals surface area contributed by atoms with Crippen molar-refractivity contribution in [3.8, 4) is 11.8 Å². The summed E-state index contributed by atoms with van der Waals surface area (Å²) >= 11 is 0. The van der Waals surface area contributed by atoms with Crippen LogP contribution in [0.4, 0.5) is 0 Å². The molecule has 1 N–H and O–H groups in total. The highest BCUT2D eigenvalue weighted by atomic mass is 16.2. The summed E-state index contributed by atoms with van der Waals surface area (Å²) in [5.41, 5.74) is 1.17. The number of carbonyl (C=O) groups is 1. The van der Waals surface area contributed by atoms with Gasteiger partial charge in [0.05, 0.1) is 0 Å². The van der Waals surface area contributed by atoms with E-state index in [0.29, 0.717) is 23.2 Å². The van der Waals surface area contributed by atoms with Crippen molar-refractivity contribution in [3.05, 3.63) is 29.6 Å². The molecule has 1 aliphatic heterocycles. The molecule has 20 heavy (non-hydrogen) atoms. The smallest absolute Gasteiger partial charge is 0.272 e. The molecule has 0 aromatic carbocycles.